The molecule has 1 aliphatic heterocycles. The number of amides is 1. The van der Waals surface area contributed by atoms with Crippen LogP contribution in [0.5, 0.6) is 5.75 Å². The predicted octanol–water partition coefficient (Wildman–Crippen LogP) is 1.87. The molecular formula is C16H21NO4S. The molecule has 6 heteroatoms. The fraction of sp³-hybridized carbons (Fsp3) is 0.562. The van der Waals surface area contributed by atoms with Crippen LogP contribution in [0.2, 0.25) is 0 Å². The maximum absolute atomic E-state index is 12.8. The average Bonchev–Trinajstić information content (AvgIpc) is 3.12. The molecule has 1 saturated carbocycles. The third kappa shape index (κ3) is 2.97. The van der Waals surface area contributed by atoms with Gasteiger partial charge in [0.15, 0.2) is 9.84 Å². The molecule has 3 atom stereocenters. The molecule has 0 bridgehead atoms. The van der Waals surface area contributed by atoms with Gasteiger partial charge in [0.1, 0.15) is 5.75 Å². The summed E-state index contributed by atoms with van der Waals surface area (Å²) in [5.41, 5.74) is 0.756. The predicted molar refractivity (Wildman–Crippen MR) is 84.8 cm³/mol. The standard InChI is InChI=1S/C16H21NO4S/c1-11-9-15(11)16(18)17(13-7-8-22(19,20)10-13)12-3-5-14(21-2)6-4-12/h3-6,11,13,15H,7-10H2,1-2H3/t11-,13+,15-/m1/s1. The minimum absolute atomic E-state index is 0.0328. The Morgan fingerprint density at radius 2 is 1.91 bits per heavy atom. The molecule has 3 rings (SSSR count). The van der Waals surface area contributed by atoms with Crippen molar-refractivity contribution in [3.05, 3.63) is 24.3 Å². The highest BCUT2D eigenvalue weighted by molar-refractivity contribution is 7.91. The second kappa shape index (κ2) is 5.57. The fourth-order valence-corrected chi connectivity index (χ4v) is 4.78. The Labute approximate surface area is 131 Å². The van der Waals surface area contributed by atoms with E-state index < -0.39 is 9.84 Å². The Morgan fingerprint density at radius 3 is 2.36 bits per heavy atom. The maximum Gasteiger partial charge on any atom is 0.230 e. The van der Waals surface area contributed by atoms with Gasteiger partial charge in [0, 0.05) is 11.6 Å². The van der Waals surface area contributed by atoms with E-state index in [1.165, 1.54) is 0 Å². The van der Waals surface area contributed by atoms with Gasteiger partial charge in [0.2, 0.25) is 5.91 Å². The normalized spacial score (nSPS) is 29.1. The minimum Gasteiger partial charge on any atom is -0.497 e. The van der Waals surface area contributed by atoms with Crippen molar-refractivity contribution < 1.29 is 17.9 Å². The topological polar surface area (TPSA) is 63.7 Å². The quantitative estimate of drug-likeness (QED) is 0.848. The molecule has 0 spiro atoms. The second-order valence-corrected chi connectivity index (χ2v) is 8.51. The van der Waals surface area contributed by atoms with Gasteiger partial charge >= 0.3 is 0 Å². The van der Waals surface area contributed by atoms with E-state index >= 15 is 0 Å². The molecule has 1 amide bonds. The van der Waals surface area contributed by atoms with E-state index in [0.29, 0.717) is 12.3 Å². The third-order valence-electron chi connectivity index (χ3n) is 4.59. The SMILES string of the molecule is COc1ccc(N(C(=O)[C@@H]2C[C@H]2C)[C@H]2CCS(=O)(=O)C2)cc1. The van der Waals surface area contributed by atoms with Crippen LogP contribution in [-0.2, 0) is 14.6 Å². The molecule has 0 aromatic heterocycles. The van der Waals surface area contributed by atoms with Gasteiger partial charge in [-0.15, -0.1) is 0 Å². The van der Waals surface area contributed by atoms with Crippen LogP contribution in [0.4, 0.5) is 5.69 Å². The summed E-state index contributed by atoms with van der Waals surface area (Å²) in [6, 6.07) is 7.01. The Balaban J connectivity index is 1.90. The van der Waals surface area contributed by atoms with Crippen LogP contribution in [0, 0.1) is 11.8 Å². The van der Waals surface area contributed by atoms with E-state index in [1.54, 1.807) is 24.1 Å². The Morgan fingerprint density at radius 1 is 1.27 bits per heavy atom. The summed E-state index contributed by atoms with van der Waals surface area (Å²) in [5, 5.41) is 0. The summed E-state index contributed by atoms with van der Waals surface area (Å²) >= 11 is 0. The highest BCUT2D eigenvalue weighted by Gasteiger charge is 2.45. The number of benzene rings is 1. The first-order valence-corrected chi connectivity index (χ1v) is 9.41. The summed E-state index contributed by atoms with van der Waals surface area (Å²) in [6.45, 7) is 2.06. The van der Waals surface area contributed by atoms with Crippen LogP contribution in [0.3, 0.4) is 0 Å². The summed E-state index contributed by atoms with van der Waals surface area (Å²) in [5.74, 6) is 1.43. The average molecular weight is 323 g/mol. The summed E-state index contributed by atoms with van der Waals surface area (Å²) in [4.78, 5) is 14.5. The molecule has 120 valence electrons. The van der Waals surface area contributed by atoms with Crippen molar-refractivity contribution in [1.29, 1.82) is 0 Å². The Kier molecular flexibility index (Phi) is 3.89. The van der Waals surface area contributed by atoms with E-state index in [2.05, 4.69) is 6.92 Å². The summed E-state index contributed by atoms with van der Waals surface area (Å²) in [6.07, 6.45) is 1.41. The largest absolute Gasteiger partial charge is 0.497 e. The van der Waals surface area contributed by atoms with Gasteiger partial charge in [0.05, 0.1) is 24.7 Å². The number of hydrogen-bond acceptors (Lipinski definition) is 4. The number of anilines is 1. The van der Waals surface area contributed by atoms with Crippen molar-refractivity contribution in [2.75, 3.05) is 23.5 Å². The van der Waals surface area contributed by atoms with Crippen LogP contribution in [0.15, 0.2) is 24.3 Å². The molecule has 1 heterocycles. The number of nitrogens with zero attached hydrogens (tertiary/aromatic N) is 1. The molecule has 0 radical (unpaired) electrons. The van der Waals surface area contributed by atoms with Crippen molar-refractivity contribution in [2.45, 2.75) is 25.8 Å². The molecular weight excluding hydrogens is 302 g/mol. The first-order chi connectivity index (χ1) is 10.4. The van der Waals surface area contributed by atoms with Gasteiger partial charge < -0.3 is 9.64 Å². The number of sulfone groups is 1. The fourth-order valence-electron chi connectivity index (χ4n) is 3.08. The van der Waals surface area contributed by atoms with Crippen LogP contribution >= 0.6 is 0 Å². The molecule has 0 N–H and O–H groups in total. The lowest BCUT2D eigenvalue weighted by Gasteiger charge is -2.29. The molecule has 1 aromatic rings. The van der Waals surface area contributed by atoms with Crippen molar-refractivity contribution >= 4 is 21.4 Å². The molecule has 1 aliphatic carbocycles. The lowest BCUT2D eigenvalue weighted by Crippen LogP contribution is -2.42. The van der Waals surface area contributed by atoms with E-state index in [9.17, 15) is 13.2 Å². The molecule has 22 heavy (non-hydrogen) atoms. The van der Waals surface area contributed by atoms with E-state index in [-0.39, 0.29) is 29.4 Å². The van der Waals surface area contributed by atoms with Gasteiger partial charge in [0.25, 0.3) is 0 Å². The van der Waals surface area contributed by atoms with Crippen molar-refractivity contribution in [3.63, 3.8) is 0 Å². The van der Waals surface area contributed by atoms with Crippen LogP contribution < -0.4 is 9.64 Å². The van der Waals surface area contributed by atoms with Crippen molar-refractivity contribution in [2.24, 2.45) is 11.8 Å². The summed E-state index contributed by atoms with van der Waals surface area (Å²) in [7, 11) is -1.44. The number of carbonyl (C=O) groups is 1. The number of carbonyl (C=O) groups excluding carboxylic acids is 1. The monoisotopic (exact) mass is 323 g/mol. The minimum atomic E-state index is -3.03. The second-order valence-electron chi connectivity index (χ2n) is 6.28. The zero-order valence-corrected chi connectivity index (χ0v) is 13.7. The molecule has 0 unspecified atom stereocenters. The van der Waals surface area contributed by atoms with Gasteiger partial charge in [-0.2, -0.15) is 0 Å². The van der Waals surface area contributed by atoms with E-state index in [0.717, 1.165) is 17.9 Å². The molecule has 1 aromatic carbocycles. The Bertz CT molecular complexity index is 668. The number of hydrogen-bond donors (Lipinski definition) is 0. The molecule has 2 aliphatic rings. The highest BCUT2D eigenvalue weighted by atomic mass is 32.2. The zero-order valence-electron chi connectivity index (χ0n) is 12.9. The third-order valence-corrected chi connectivity index (χ3v) is 6.34. The zero-order chi connectivity index (χ0) is 15.9. The Hall–Kier alpha value is -1.56. The van der Waals surface area contributed by atoms with E-state index in [4.69, 9.17) is 4.74 Å². The van der Waals surface area contributed by atoms with E-state index in [1.807, 2.05) is 12.1 Å². The first-order valence-electron chi connectivity index (χ1n) is 7.59. The number of ether oxygens (including phenoxy) is 1. The van der Waals surface area contributed by atoms with Gasteiger partial charge in [-0.25, -0.2) is 8.42 Å². The van der Waals surface area contributed by atoms with Crippen LogP contribution in [-0.4, -0.2) is 39.0 Å². The van der Waals surface area contributed by atoms with Crippen molar-refractivity contribution in [3.8, 4) is 5.75 Å². The molecule has 1 saturated heterocycles. The smallest absolute Gasteiger partial charge is 0.230 e. The van der Waals surface area contributed by atoms with Crippen LogP contribution in [0.25, 0.3) is 0 Å². The van der Waals surface area contributed by atoms with Crippen LogP contribution in [0.1, 0.15) is 19.8 Å². The number of rotatable bonds is 4. The lowest BCUT2D eigenvalue weighted by atomic mass is 10.1. The van der Waals surface area contributed by atoms with Gasteiger partial charge in [-0.05, 0) is 43.0 Å². The van der Waals surface area contributed by atoms with Gasteiger partial charge in [-0.3, -0.25) is 4.79 Å². The molecule has 5 nitrogen and oxygen atoms in total. The number of methoxy groups -OCH3 is 1. The lowest BCUT2D eigenvalue weighted by molar-refractivity contribution is -0.120. The first kappa shape index (κ1) is 15.3. The molecule has 2 fully saturated rings. The maximum atomic E-state index is 12.8. The van der Waals surface area contributed by atoms with Gasteiger partial charge in [-0.1, -0.05) is 6.92 Å². The highest BCUT2D eigenvalue weighted by Crippen LogP contribution is 2.41. The van der Waals surface area contributed by atoms with Crippen molar-refractivity contribution in [1.82, 2.24) is 0 Å². The summed E-state index contributed by atoms with van der Waals surface area (Å²) < 4.78 is 28.7.